The normalized spacial score (nSPS) is 12.7. The van der Waals surface area contributed by atoms with Crippen molar-refractivity contribution in [2.24, 2.45) is 0 Å². The van der Waals surface area contributed by atoms with Gasteiger partial charge in [0.25, 0.3) is 0 Å². The van der Waals surface area contributed by atoms with Crippen LogP contribution in [-0.4, -0.2) is 0 Å². The Hall–Kier alpha value is -0.930. The quantitative estimate of drug-likeness (QED) is 0.700. The molecule has 0 saturated heterocycles. The zero-order chi connectivity index (χ0) is 12.4. The van der Waals surface area contributed by atoms with Crippen LogP contribution in [-0.2, 0) is 6.42 Å². The molecule has 0 radical (unpaired) electrons. The van der Waals surface area contributed by atoms with Gasteiger partial charge in [-0.2, -0.15) is 0 Å². The van der Waals surface area contributed by atoms with Crippen molar-refractivity contribution >= 4 is 22.9 Å². The lowest BCUT2D eigenvalue weighted by Gasteiger charge is -2.09. The van der Waals surface area contributed by atoms with E-state index in [0.29, 0.717) is 12.0 Å². The first-order chi connectivity index (χ1) is 8.08. The number of thiophene rings is 1. The van der Waals surface area contributed by atoms with Crippen molar-refractivity contribution in [2.75, 3.05) is 0 Å². The van der Waals surface area contributed by atoms with Crippen molar-refractivity contribution in [1.29, 1.82) is 0 Å². The summed E-state index contributed by atoms with van der Waals surface area (Å²) in [5, 5.41) is 1.78. The van der Waals surface area contributed by atoms with Gasteiger partial charge in [-0.05, 0) is 48.1 Å². The smallest absolute Gasteiger partial charge is 0.159 e. The molecule has 0 bridgehead atoms. The lowest BCUT2D eigenvalue weighted by Crippen LogP contribution is -1.96. The van der Waals surface area contributed by atoms with Crippen molar-refractivity contribution in [3.8, 4) is 0 Å². The van der Waals surface area contributed by atoms with Crippen LogP contribution in [0.15, 0.2) is 29.6 Å². The van der Waals surface area contributed by atoms with Gasteiger partial charge in [-0.25, -0.2) is 8.78 Å². The molecular weight excluding hydrogens is 262 g/mol. The standard InChI is InChI=1S/C13H11ClF2S/c1-8-4-5-17-13(8)10(14)6-9-2-3-11(15)12(16)7-9/h2-5,7,10H,6H2,1H3. The topological polar surface area (TPSA) is 0 Å². The second-order valence-electron chi connectivity index (χ2n) is 3.89. The highest BCUT2D eigenvalue weighted by molar-refractivity contribution is 7.10. The summed E-state index contributed by atoms with van der Waals surface area (Å²) in [6.45, 7) is 1.99. The first kappa shape index (κ1) is 12.5. The van der Waals surface area contributed by atoms with Crippen LogP contribution in [0.1, 0.15) is 21.4 Å². The van der Waals surface area contributed by atoms with Crippen LogP contribution in [0.4, 0.5) is 8.78 Å². The van der Waals surface area contributed by atoms with Crippen molar-refractivity contribution in [1.82, 2.24) is 0 Å². The molecule has 17 heavy (non-hydrogen) atoms. The summed E-state index contributed by atoms with van der Waals surface area (Å²) in [7, 11) is 0. The van der Waals surface area contributed by atoms with Gasteiger partial charge < -0.3 is 0 Å². The number of hydrogen-bond acceptors (Lipinski definition) is 1. The van der Waals surface area contributed by atoms with Gasteiger partial charge in [-0.15, -0.1) is 22.9 Å². The molecule has 4 heteroatoms. The molecule has 1 atom stereocenters. The van der Waals surface area contributed by atoms with E-state index in [0.717, 1.165) is 16.5 Å². The molecule has 0 N–H and O–H groups in total. The molecule has 1 unspecified atom stereocenters. The minimum atomic E-state index is -0.827. The summed E-state index contributed by atoms with van der Waals surface area (Å²) in [5.74, 6) is -1.65. The van der Waals surface area contributed by atoms with Crippen LogP contribution >= 0.6 is 22.9 Å². The second-order valence-corrected chi connectivity index (χ2v) is 5.36. The number of benzene rings is 1. The molecule has 0 amide bonds. The van der Waals surface area contributed by atoms with Crippen LogP contribution in [0, 0.1) is 18.6 Å². The van der Waals surface area contributed by atoms with E-state index in [2.05, 4.69) is 0 Å². The Bertz CT molecular complexity index is 522. The number of alkyl halides is 1. The maximum absolute atomic E-state index is 13.0. The van der Waals surface area contributed by atoms with Crippen molar-refractivity contribution in [3.63, 3.8) is 0 Å². The third-order valence-electron chi connectivity index (χ3n) is 2.59. The molecule has 90 valence electrons. The fraction of sp³-hybridized carbons (Fsp3) is 0.231. The Morgan fingerprint density at radius 1 is 1.24 bits per heavy atom. The van der Waals surface area contributed by atoms with Gasteiger partial charge in [0, 0.05) is 4.88 Å². The Morgan fingerprint density at radius 3 is 2.59 bits per heavy atom. The predicted molar refractivity (Wildman–Crippen MR) is 67.7 cm³/mol. The van der Waals surface area contributed by atoms with Crippen LogP contribution in [0.5, 0.6) is 0 Å². The zero-order valence-electron chi connectivity index (χ0n) is 9.21. The largest absolute Gasteiger partial charge is 0.204 e. The van der Waals surface area contributed by atoms with Gasteiger partial charge in [0.05, 0.1) is 5.38 Å². The molecular formula is C13H11ClF2S. The number of aryl methyl sites for hydroxylation is 1. The van der Waals surface area contributed by atoms with E-state index < -0.39 is 11.6 Å². The Kier molecular flexibility index (Phi) is 3.79. The predicted octanol–water partition coefficient (Wildman–Crippen LogP) is 4.86. The summed E-state index contributed by atoms with van der Waals surface area (Å²) < 4.78 is 25.8. The van der Waals surface area contributed by atoms with Crippen molar-refractivity contribution in [3.05, 3.63) is 57.3 Å². The molecule has 0 aliphatic rings. The van der Waals surface area contributed by atoms with Gasteiger partial charge in [-0.1, -0.05) is 6.07 Å². The molecule has 0 fully saturated rings. The van der Waals surface area contributed by atoms with E-state index in [1.54, 1.807) is 17.4 Å². The lowest BCUT2D eigenvalue weighted by molar-refractivity contribution is 0.507. The number of hydrogen-bond donors (Lipinski definition) is 0. The molecule has 1 aromatic carbocycles. The lowest BCUT2D eigenvalue weighted by atomic mass is 10.1. The molecule has 1 heterocycles. The van der Waals surface area contributed by atoms with Crippen molar-refractivity contribution < 1.29 is 8.78 Å². The van der Waals surface area contributed by atoms with Gasteiger partial charge in [0.1, 0.15) is 0 Å². The summed E-state index contributed by atoms with van der Waals surface area (Å²) in [5.41, 5.74) is 1.84. The average molecular weight is 273 g/mol. The van der Waals surface area contributed by atoms with Gasteiger partial charge in [0.2, 0.25) is 0 Å². The third kappa shape index (κ3) is 2.85. The van der Waals surface area contributed by atoms with E-state index in [1.807, 2.05) is 18.4 Å². The average Bonchev–Trinajstić information content (AvgIpc) is 2.70. The van der Waals surface area contributed by atoms with Crippen LogP contribution in [0.3, 0.4) is 0 Å². The van der Waals surface area contributed by atoms with Crippen molar-refractivity contribution in [2.45, 2.75) is 18.7 Å². The molecule has 2 rings (SSSR count). The van der Waals surface area contributed by atoms with Gasteiger partial charge in [-0.3, -0.25) is 0 Å². The van der Waals surface area contributed by atoms with Crippen LogP contribution in [0.25, 0.3) is 0 Å². The zero-order valence-corrected chi connectivity index (χ0v) is 10.8. The highest BCUT2D eigenvalue weighted by atomic mass is 35.5. The summed E-state index contributed by atoms with van der Waals surface area (Å²) in [6, 6.07) is 5.90. The van der Waals surface area contributed by atoms with Gasteiger partial charge in [0.15, 0.2) is 11.6 Å². The summed E-state index contributed by atoms with van der Waals surface area (Å²) in [4.78, 5) is 1.08. The maximum Gasteiger partial charge on any atom is 0.159 e. The van der Waals surface area contributed by atoms with Gasteiger partial charge >= 0.3 is 0 Å². The summed E-state index contributed by atoms with van der Waals surface area (Å²) in [6.07, 6.45) is 0.500. The molecule has 0 spiro atoms. The molecule has 0 nitrogen and oxygen atoms in total. The molecule has 0 aliphatic heterocycles. The first-order valence-corrected chi connectivity index (χ1v) is 6.51. The Balaban J connectivity index is 2.16. The van der Waals surface area contributed by atoms with E-state index >= 15 is 0 Å². The highest BCUT2D eigenvalue weighted by Gasteiger charge is 2.14. The van der Waals surface area contributed by atoms with Crippen LogP contribution in [0.2, 0.25) is 0 Å². The molecule has 0 saturated carbocycles. The third-order valence-corrected chi connectivity index (χ3v) is 4.22. The fourth-order valence-corrected chi connectivity index (χ4v) is 3.08. The number of halogens is 3. The molecule has 2 aromatic rings. The maximum atomic E-state index is 13.0. The SMILES string of the molecule is Cc1ccsc1C(Cl)Cc1ccc(F)c(F)c1. The second kappa shape index (κ2) is 5.15. The van der Waals surface area contributed by atoms with E-state index in [1.165, 1.54) is 6.07 Å². The minimum Gasteiger partial charge on any atom is -0.204 e. The summed E-state index contributed by atoms with van der Waals surface area (Å²) >= 11 is 7.86. The van der Waals surface area contributed by atoms with E-state index in [9.17, 15) is 8.78 Å². The Morgan fingerprint density at radius 2 is 2.00 bits per heavy atom. The fourth-order valence-electron chi connectivity index (χ4n) is 1.67. The highest BCUT2D eigenvalue weighted by Crippen LogP contribution is 2.31. The first-order valence-electron chi connectivity index (χ1n) is 5.20. The minimum absolute atomic E-state index is 0.195. The van der Waals surface area contributed by atoms with E-state index in [4.69, 9.17) is 11.6 Å². The molecule has 0 aliphatic carbocycles. The monoisotopic (exact) mass is 272 g/mol. The van der Waals surface area contributed by atoms with Crippen LogP contribution < -0.4 is 0 Å². The Labute approximate surface area is 108 Å². The molecule has 1 aromatic heterocycles. The number of rotatable bonds is 3. The van der Waals surface area contributed by atoms with E-state index in [-0.39, 0.29) is 5.38 Å².